The minimum Gasteiger partial charge on any atom is -0.465 e. The summed E-state index contributed by atoms with van der Waals surface area (Å²) >= 11 is 0. The van der Waals surface area contributed by atoms with Crippen molar-refractivity contribution in [3.8, 4) is 12.8 Å². The van der Waals surface area contributed by atoms with Crippen LogP contribution in [0.5, 0.6) is 0 Å². The fourth-order valence-electron chi connectivity index (χ4n) is 3.23. The number of hydrogen-bond acceptors (Lipinski definition) is 6. The second-order valence-corrected chi connectivity index (χ2v) is 6.66. The molecule has 9 heteroatoms. The molecular weight excluding hydrogens is 408 g/mol. The number of carbonyl (C=O) groups is 2. The lowest BCUT2D eigenvalue weighted by molar-refractivity contribution is -0.162. The molecule has 2 atom stereocenters. The van der Waals surface area contributed by atoms with Gasteiger partial charge in [0.2, 0.25) is 0 Å². The molecule has 168 valence electrons. The second-order valence-electron chi connectivity index (χ2n) is 6.66. The quantitative estimate of drug-likeness (QED) is 0.323. The lowest BCUT2D eigenvalue weighted by Gasteiger charge is -2.27. The maximum atomic E-state index is 14.5. The van der Waals surface area contributed by atoms with Crippen LogP contribution in [0.15, 0.2) is 30.9 Å². The zero-order valence-electron chi connectivity index (χ0n) is 17.8. The van der Waals surface area contributed by atoms with E-state index in [4.69, 9.17) is 9.47 Å². The molecule has 0 aliphatic heterocycles. The first kappa shape index (κ1) is 25.8. The number of nitrogens with zero attached hydrogens (tertiary/aromatic N) is 3. The summed E-state index contributed by atoms with van der Waals surface area (Å²) in [5.74, 6) is -4.75. The number of hydrogen-bond donors (Lipinski definition) is 0. The number of carbonyl (C=O) groups excluding carboxylic acids is 2. The maximum Gasteiger partial charge on any atom is 0.320 e. The fraction of sp³-hybridized carbons (Fsp3) is 0.455. The first-order valence-corrected chi connectivity index (χ1v) is 9.81. The molecule has 0 aliphatic carbocycles. The zero-order valence-corrected chi connectivity index (χ0v) is 17.8. The van der Waals surface area contributed by atoms with E-state index in [1.807, 2.05) is 0 Å². The Morgan fingerprint density at radius 2 is 1.74 bits per heavy atom. The third kappa shape index (κ3) is 7.48. The van der Waals surface area contributed by atoms with Gasteiger partial charge in [0.05, 0.1) is 13.2 Å². The molecule has 0 amide bonds. The van der Waals surface area contributed by atoms with Crippen molar-refractivity contribution in [2.45, 2.75) is 39.7 Å². The van der Waals surface area contributed by atoms with E-state index in [9.17, 15) is 18.4 Å². The second kappa shape index (κ2) is 13.1. The summed E-state index contributed by atoms with van der Waals surface area (Å²) in [5.41, 5.74) is 0.265. The highest BCUT2D eigenvalue weighted by Gasteiger charge is 2.34. The van der Waals surface area contributed by atoms with Crippen LogP contribution >= 0.6 is 0 Å². The van der Waals surface area contributed by atoms with Gasteiger partial charge in [-0.3, -0.25) is 14.3 Å². The van der Waals surface area contributed by atoms with Crippen molar-refractivity contribution in [2.75, 3.05) is 13.2 Å². The molecule has 1 heterocycles. The van der Waals surface area contributed by atoms with Gasteiger partial charge in [0.1, 0.15) is 24.3 Å². The van der Waals surface area contributed by atoms with Crippen molar-refractivity contribution in [3.05, 3.63) is 48.1 Å². The molecule has 0 N–H and O–H groups in total. The number of halogens is 2. The van der Waals surface area contributed by atoms with E-state index in [-0.39, 0.29) is 37.7 Å². The largest absolute Gasteiger partial charge is 0.465 e. The van der Waals surface area contributed by atoms with E-state index in [0.717, 1.165) is 6.07 Å². The Hall–Kier alpha value is -3.28. The van der Waals surface area contributed by atoms with Crippen molar-refractivity contribution in [2.24, 2.45) is 11.8 Å². The predicted molar refractivity (Wildman–Crippen MR) is 110 cm³/mol. The molecule has 0 saturated heterocycles. The van der Waals surface area contributed by atoms with Crippen molar-refractivity contribution in [1.82, 2.24) is 14.8 Å². The summed E-state index contributed by atoms with van der Waals surface area (Å²) in [5, 5.41) is 4.05. The van der Waals surface area contributed by atoms with Crippen LogP contribution in [0.25, 0.3) is 0 Å². The Kier molecular flexibility index (Phi) is 10.9. The molecule has 1 aromatic heterocycles. The number of ether oxygens (including phenoxy) is 2. The zero-order chi connectivity index (χ0) is 23.4. The highest BCUT2D eigenvalue weighted by molar-refractivity contribution is 5.94. The van der Waals surface area contributed by atoms with Gasteiger partial charge < -0.3 is 9.47 Å². The smallest absolute Gasteiger partial charge is 0.320 e. The molecule has 2 rings (SSSR count). The summed E-state index contributed by atoms with van der Waals surface area (Å²) in [4.78, 5) is 28.5. The van der Waals surface area contributed by atoms with Crippen LogP contribution in [-0.2, 0) is 25.6 Å². The molecule has 0 radical (unpaired) electrons. The van der Waals surface area contributed by atoms with E-state index in [2.05, 4.69) is 22.9 Å². The van der Waals surface area contributed by atoms with Crippen LogP contribution in [-0.4, -0.2) is 39.9 Å². The van der Waals surface area contributed by atoms with Gasteiger partial charge in [-0.2, -0.15) is 5.10 Å². The number of terminal acetylenes is 1. The maximum absolute atomic E-state index is 14.5. The van der Waals surface area contributed by atoms with Gasteiger partial charge >= 0.3 is 11.9 Å². The van der Waals surface area contributed by atoms with Crippen molar-refractivity contribution < 1.29 is 27.8 Å². The Labute approximate surface area is 180 Å². The molecule has 0 bridgehead atoms. The normalized spacial score (nSPS) is 12.4. The molecular formula is C22H27F2N3O4. The first-order valence-electron chi connectivity index (χ1n) is 9.81. The van der Waals surface area contributed by atoms with Gasteiger partial charge in [-0.1, -0.05) is 13.0 Å². The van der Waals surface area contributed by atoms with Gasteiger partial charge in [-0.05, 0) is 37.8 Å². The number of benzene rings is 1. The summed E-state index contributed by atoms with van der Waals surface area (Å²) in [7, 11) is 0. The monoisotopic (exact) mass is 435 g/mol. The van der Waals surface area contributed by atoms with Gasteiger partial charge in [0, 0.05) is 18.5 Å². The predicted octanol–water partition coefficient (Wildman–Crippen LogP) is 3.36. The van der Waals surface area contributed by atoms with E-state index in [0.29, 0.717) is 0 Å². The molecule has 1 unspecified atom stereocenters. The summed E-state index contributed by atoms with van der Waals surface area (Å²) in [6.07, 6.45) is 10.9. The third-order valence-corrected chi connectivity index (χ3v) is 4.65. The van der Waals surface area contributed by atoms with E-state index < -0.39 is 35.4 Å². The Morgan fingerprint density at radius 1 is 1.13 bits per heavy atom. The summed E-state index contributed by atoms with van der Waals surface area (Å²) in [6, 6.07) is 3.35. The molecule has 7 nitrogen and oxygen atoms in total. The van der Waals surface area contributed by atoms with Crippen molar-refractivity contribution in [3.63, 3.8) is 0 Å². The standard InChI is InChI=1S/C20H25F2N3O4.C2H2/c1-4-28-19(26)16(20(27)29-5-2)8-13(3)17(10-25-12-23-11-24-25)15-7-6-14(21)9-18(15)22;1-2/h6-7,9,11-13,16-17H,4-5,8,10H2,1-3H3;1-2H/t13-,17?;/m0./s1. The lowest BCUT2D eigenvalue weighted by atomic mass is 9.81. The van der Waals surface area contributed by atoms with Gasteiger partial charge in [-0.25, -0.2) is 13.8 Å². The number of rotatable bonds is 10. The van der Waals surface area contributed by atoms with Crippen LogP contribution in [0.3, 0.4) is 0 Å². The molecule has 0 saturated carbocycles. The highest BCUT2D eigenvalue weighted by atomic mass is 19.1. The van der Waals surface area contributed by atoms with Gasteiger partial charge in [-0.15, -0.1) is 12.8 Å². The van der Waals surface area contributed by atoms with Crippen LogP contribution in [0.1, 0.15) is 38.7 Å². The van der Waals surface area contributed by atoms with E-state index in [1.54, 1.807) is 20.8 Å². The minimum atomic E-state index is -1.13. The van der Waals surface area contributed by atoms with Crippen LogP contribution in [0, 0.1) is 36.3 Å². The summed E-state index contributed by atoms with van der Waals surface area (Å²) < 4.78 is 39.5. The number of esters is 2. The minimum absolute atomic E-state index is 0.0772. The Bertz CT molecular complexity index is 838. The highest BCUT2D eigenvalue weighted by Crippen LogP contribution is 2.33. The molecule has 1 aromatic carbocycles. The van der Waals surface area contributed by atoms with Crippen LogP contribution in [0.2, 0.25) is 0 Å². The van der Waals surface area contributed by atoms with Gasteiger partial charge in [0.15, 0.2) is 5.92 Å². The topological polar surface area (TPSA) is 83.3 Å². The molecule has 31 heavy (non-hydrogen) atoms. The van der Waals surface area contributed by atoms with Crippen molar-refractivity contribution in [1.29, 1.82) is 0 Å². The molecule has 0 aliphatic rings. The summed E-state index contributed by atoms with van der Waals surface area (Å²) in [6.45, 7) is 5.56. The Balaban J connectivity index is 0.00000233. The number of aromatic nitrogens is 3. The van der Waals surface area contributed by atoms with E-state index in [1.165, 1.54) is 29.5 Å². The average Bonchev–Trinajstić information content (AvgIpc) is 3.25. The fourth-order valence-corrected chi connectivity index (χ4v) is 3.23. The van der Waals surface area contributed by atoms with Gasteiger partial charge in [0.25, 0.3) is 0 Å². The Morgan fingerprint density at radius 3 is 2.23 bits per heavy atom. The molecule has 2 aromatic rings. The SMILES string of the molecule is C#C.CCOC(=O)C(C[C@H](C)C(Cn1cncn1)c1ccc(F)cc1F)C(=O)OCC. The van der Waals surface area contributed by atoms with Crippen molar-refractivity contribution >= 4 is 11.9 Å². The molecule has 0 spiro atoms. The van der Waals surface area contributed by atoms with Crippen LogP contribution in [0.4, 0.5) is 8.78 Å². The lowest BCUT2D eigenvalue weighted by Crippen LogP contribution is -2.31. The molecule has 0 fully saturated rings. The van der Waals surface area contributed by atoms with E-state index >= 15 is 0 Å². The van der Waals surface area contributed by atoms with Crippen LogP contribution < -0.4 is 0 Å². The third-order valence-electron chi connectivity index (χ3n) is 4.65. The first-order chi connectivity index (χ1) is 14.9. The average molecular weight is 435 g/mol.